The lowest BCUT2D eigenvalue weighted by Crippen LogP contribution is -2.40. The van der Waals surface area contributed by atoms with E-state index in [0.717, 1.165) is 0 Å². The van der Waals surface area contributed by atoms with Crippen molar-refractivity contribution in [3.05, 3.63) is 40.4 Å². The topological polar surface area (TPSA) is 71.2 Å². The molecule has 8 heteroatoms. The smallest absolute Gasteiger partial charge is 0.276 e. The summed E-state index contributed by atoms with van der Waals surface area (Å²) in [7, 11) is 0. The van der Waals surface area contributed by atoms with Crippen LogP contribution < -0.4 is 0 Å². The average molecular weight is 339 g/mol. The molecule has 0 bridgehead atoms. The van der Waals surface area contributed by atoms with Crippen LogP contribution in [0.2, 0.25) is 5.02 Å². The molecule has 1 aliphatic rings. The van der Waals surface area contributed by atoms with Crippen LogP contribution in [0.5, 0.6) is 0 Å². The molecule has 0 atom stereocenters. The standard InChI is InChI=1S/C15H16ClFN4O2/c1-9-14(15(23)20-6-4-11(22)5-7-20)18-19-21(9)13-3-2-10(16)8-12(13)17/h2-3,8,11,22H,4-7H2,1H3. The summed E-state index contributed by atoms with van der Waals surface area (Å²) in [5.41, 5.74) is 0.839. The highest BCUT2D eigenvalue weighted by atomic mass is 35.5. The zero-order chi connectivity index (χ0) is 16.6. The Morgan fingerprint density at radius 1 is 1.39 bits per heavy atom. The Morgan fingerprint density at radius 2 is 2.09 bits per heavy atom. The quantitative estimate of drug-likeness (QED) is 0.908. The van der Waals surface area contributed by atoms with E-state index in [1.807, 2.05) is 0 Å². The summed E-state index contributed by atoms with van der Waals surface area (Å²) in [5, 5.41) is 17.6. The van der Waals surface area contributed by atoms with Crippen LogP contribution in [0.3, 0.4) is 0 Å². The van der Waals surface area contributed by atoms with Gasteiger partial charge in [-0.3, -0.25) is 4.79 Å². The predicted molar refractivity (Wildman–Crippen MR) is 82.2 cm³/mol. The molecular weight excluding hydrogens is 323 g/mol. The first-order chi connectivity index (χ1) is 11.0. The highest BCUT2D eigenvalue weighted by molar-refractivity contribution is 6.30. The van der Waals surface area contributed by atoms with Gasteiger partial charge in [0.1, 0.15) is 11.5 Å². The number of rotatable bonds is 2. The van der Waals surface area contributed by atoms with Gasteiger partial charge in [0.05, 0.1) is 11.8 Å². The van der Waals surface area contributed by atoms with Crippen molar-refractivity contribution in [3.63, 3.8) is 0 Å². The van der Waals surface area contributed by atoms with Gasteiger partial charge in [-0.1, -0.05) is 16.8 Å². The second kappa shape index (κ2) is 6.25. The number of aliphatic hydroxyl groups is 1. The minimum Gasteiger partial charge on any atom is -0.393 e. The van der Waals surface area contributed by atoms with E-state index in [4.69, 9.17) is 11.6 Å². The number of hydrogen-bond donors (Lipinski definition) is 1. The number of amides is 1. The molecule has 3 rings (SSSR count). The van der Waals surface area contributed by atoms with E-state index in [1.54, 1.807) is 17.9 Å². The molecule has 1 aromatic carbocycles. The number of aromatic nitrogens is 3. The van der Waals surface area contributed by atoms with Crippen molar-refractivity contribution in [2.24, 2.45) is 0 Å². The van der Waals surface area contributed by atoms with Crippen LogP contribution in [-0.4, -0.2) is 50.1 Å². The molecule has 23 heavy (non-hydrogen) atoms. The fourth-order valence-corrected chi connectivity index (χ4v) is 2.79. The SMILES string of the molecule is Cc1c(C(=O)N2CCC(O)CC2)nnn1-c1ccc(Cl)cc1F. The maximum Gasteiger partial charge on any atom is 0.276 e. The molecule has 1 amide bonds. The van der Waals surface area contributed by atoms with Crippen molar-refractivity contribution < 1.29 is 14.3 Å². The number of nitrogens with zero attached hydrogens (tertiary/aromatic N) is 4. The number of carbonyl (C=O) groups is 1. The van der Waals surface area contributed by atoms with Gasteiger partial charge in [0.25, 0.3) is 5.91 Å². The van der Waals surface area contributed by atoms with E-state index in [-0.39, 0.29) is 28.4 Å². The molecule has 0 radical (unpaired) electrons. The summed E-state index contributed by atoms with van der Waals surface area (Å²) in [6, 6.07) is 4.23. The molecule has 2 heterocycles. The van der Waals surface area contributed by atoms with E-state index in [2.05, 4.69) is 10.3 Å². The minimum absolute atomic E-state index is 0.188. The molecule has 1 fully saturated rings. The Labute approximate surface area is 137 Å². The van der Waals surface area contributed by atoms with E-state index >= 15 is 0 Å². The van der Waals surface area contributed by atoms with Gasteiger partial charge in [0.15, 0.2) is 5.69 Å². The molecule has 2 aromatic rings. The number of benzene rings is 1. The Bertz CT molecular complexity index is 741. The second-order valence-electron chi connectivity index (χ2n) is 5.55. The van der Waals surface area contributed by atoms with Crippen LogP contribution in [-0.2, 0) is 0 Å². The Hall–Kier alpha value is -1.99. The van der Waals surface area contributed by atoms with Gasteiger partial charge < -0.3 is 10.0 Å². The lowest BCUT2D eigenvalue weighted by molar-refractivity contribution is 0.0541. The third-order valence-electron chi connectivity index (χ3n) is 3.99. The summed E-state index contributed by atoms with van der Waals surface area (Å²) >= 11 is 5.75. The molecule has 122 valence electrons. The predicted octanol–water partition coefficient (Wildman–Crippen LogP) is 1.97. The zero-order valence-corrected chi connectivity index (χ0v) is 13.3. The number of piperidine rings is 1. The summed E-state index contributed by atoms with van der Waals surface area (Å²) in [4.78, 5) is 14.2. The zero-order valence-electron chi connectivity index (χ0n) is 12.5. The lowest BCUT2D eigenvalue weighted by atomic mass is 10.1. The summed E-state index contributed by atoms with van der Waals surface area (Å²) in [5.74, 6) is -0.791. The van der Waals surface area contributed by atoms with Crippen molar-refractivity contribution in [1.82, 2.24) is 19.9 Å². The first-order valence-corrected chi connectivity index (χ1v) is 7.70. The van der Waals surface area contributed by atoms with E-state index in [9.17, 15) is 14.3 Å². The van der Waals surface area contributed by atoms with E-state index in [1.165, 1.54) is 16.8 Å². The van der Waals surface area contributed by atoms with Crippen LogP contribution in [0.15, 0.2) is 18.2 Å². The molecule has 0 aliphatic carbocycles. The summed E-state index contributed by atoms with van der Waals surface area (Å²) in [6.45, 7) is 2.61. The molecule has 1 aromatic heterocycles. The largest absolute Gasteiger partial charge is 0.393 e. The number of hydrogen-bond acceptors (Lipinski definition) is 4. The molecule has 0 spiro atoms. The monoisotopic (exact) mass is 338 g/mol. The number of carbonyl (C=O) groups excluding carboxylic acids is 1. The van der Waals surface area contributed by atoms with Crippen LogP contribution in [0.4, 0.5) is 4.39 Å². The fourth-order valence-electron chi connectivity index (χ4n) is 2.63. The average Bonchev–Trinajstić information content (AvgIpc) is 2.89. The molecule has 1 N–H and O–H groups in total. The number of aliphatic hydroxyl groups excluding tert-OH is 1. The minimum atomic E-state index is -0.536. The number of halogens is 2. The van der Waals surface area contributed by atoms with Crippen LogP contribution in [0.25, 0.3) is 5.69 Å². The molecule has 0 unspecified atom stereocenters. The van der Waals surface area contributed by atoms with Gasteiger partial charge in [-0.2, -0.15) is 0 Å². The molecular formula is C15H16ClFN4O2. The van der Waals surface area contributed by atoms with Crippen LogP contribution in [0, 0.1) is 12.7 Å². The van der Waals surface area contributed by atoms with E-state index < -0.39 is 5.82 Å². The maximum absolute atomic E-state index is 14.0. The van der Waals surface area contributed by atoms with Gasteiger partial charge in [-0.15, -0.1) is 5.10 Å². The molecule has 6 nitrogen and oxygen atoms in total. The van der Waals surface area contributed by atoms with Crippen LogP contribution >= 0.6 is 11.6 Å². The van der Waals surface area contributed by atoms with Crippen molar-refractivity contribution in [3.8, 4) is 5.69 Å². The Morgan fingerprint density at radius 3 is 2.74 bits per heavy atom. The van der Waals surface area contributed by atoms with Gasteiger partial charge >= 0.3 is 0 Å². The third-order valence-corrected chi connectivity index (χ3v) is 4.22. The van der Waals surface area contributed by atoms with Crippen molar-refractivity contribution in [2.45, 2.75) is 25.9 Å². The number of likely N-dealkylation sites (tertiary alicyclic amines) is 1. The lowest BCUT2D eigenvalue weighted by Gasteiger charge is -2.29. The van der Waals surface area contributed by atoms with E-state index in [0.29, 0.717) is 31.6 Å². The van der Waals surface area contributed by atoms with Crippen molar-refractivity contribution >= 4 is 17.5 Å². The Balaban J connectivity index is 1.88. The van der Waals surface area contributed by atoms with Crippen molar-refractivity contribution in [2.75, 3.05) is 13.1 Å². The molecule has 0 saturated carbocycles. The van der Waals surface area contributed by atoms with Gasteiger partial charge in [-0.25, -0.2) is 9.07 Å². The van der Waals surface area contributed by atoms with Gasteiger partial charge in [0, 0.05) is 18.1 Å². The van der Waals surface area contributed by atoms with Crippen molar-refractivity contribution in [1.29, 1.82) is 0 Å². The fraction of sp³-hybridized carbons (Fsp3) is 0.400. The molecule has 1 aliphatic heterocycles. The maximum atomic E-state index is 14.0. The highest BCUT2D eigenvalue weighted by Gasteiger charge is 2.27. The first-order valence-electron chi connectivity index (χ1n) is 7.32. The third kappa shape index (κ3) is 3.07. The Kier molecular flexibility index (Phi) is 4.32. The molecule has 1 saturated heterocycles. The van der Waals surface area contributed by atoms with Gasteiger partial charge in [-0.05, 0) is 38.0 Å². The first kappa shape index (κ1) is 15.9. The van der Waals surface area contributed by atoms with Crippen LogP contribution in [0.1, 0.15) is 29.0 Å². The highest BCUT2D eigenvalue weighted by Crippen LogP contribution is 2.21. The summed E-state index contributed by atoms with van der Waals surface area (Å²) in [6.07, 6.45) is 0.731. The second-order valence-corrected chi connectivity index (χ2v) is 5.99. The normalized spacial score (nSPS) is 15.9. The summed E-state index contributed by atoms with van der Waals surface area (Å²) < 4.78 is 15.3. The van der Waals surface area contributed by atoms with Gasteiger partial charge in [0.2, 0.25) is 0 Å².